The van der Waals surface area contributed by atoms with Crippen molar-refractivity contribution >= 4 is 33.5 Å². The van der Waals surface area contributed by atoms with Crippen LogP contribution in [0.4, 0.5) is 15.9 Å². The lowest BCUT2D eigenvalue weighted by atomic mass is 9.89. The first-order valence-corrected chi connectivity index (χ1v) is 8.05. The third-order valence-corrected chi connectivity index (χ3v) is 3.93. The molecule has 6 nitrogen and oxygen atoms in total. The number of anilines is 2. The summed E-state index contributed by atoms with van der Waals surface area (Å²) in [5.41, 5.74) is 2.64. The van der Waals surface area contributed by atoms with Crippen LogP contribution in [0.3, 0.4) is 0 Å². The van der Waals surface area contributed by atoms with Gasteiger partial charge in [0.25, 0.3) is 0 Å². The Balaban J connectivity index is 1.73. The first-order chi connectivity index (χ1) is 11.9. The van der Waals surface area contributed by atoms with Crippen molar-refractivity contribution in [3.63, 3.8) is 0 Å². The first-order valence-electron chi connectivity index (χ1n) is 8.05. The molecule has 3 heterocycles. The Kier molecular flexibility index (Phi) is 3.45. The average molecular weight is 339 g/mol. The Bertz CT molecular complexity index is 1060. The summed E-state index contributed by atoms with van der Waals surface area (Å²) in [6.45, 7) is 6.32. The van der Waals surface area contributed by atoms with E-state index in [9.17, 15) is 4.39 Å². The number of aromatic nitrogens is 4. The van der Waals surface area contributed by atoms with E-state index in [1.807, 2.05) is 18.2 Å². The van der Waals surface area contributed by atoms with Crippen LogP contribution in [-0.4, -0.2) is 20.3 Å². The Morgan fingerprint density at radius 3 is 2.88 bits per heavy atom. The van der Waals surface area contributed by atoms with Gasteiger partial charge in [0.1, 0.15) is 5.52 Å². The van der Waals surface area contributed by atoms with Crippen molar-refractivity contribution in [2.75, 3.05) is 5.32 Å². The minimum absolute atomic E-state index is 0.0385. The Morgan fingerprint density at radius 2 is 2.08 bits per heavy atom. The van der Waals surface area contributed by atoms with E-state index in [0.29, 0.717) is 23.1 Å². The van der Waals surface area contributed by atoms with E-state index in [1.165, 1.54) is 0 Å². The molecule has 0 saturated carbocycles. The van der Waals surface area contributed by atoms with E-state index in [0.717, 1.165) is 11.2 Å². The summed E-state index contributed by atoms with van der Waals surface area (Å²) in [7, 11) is 0. The highest BCUT2D eigenvalue weighted by molar-refractivity contribution is 5.90. The first kappa shape index (κ1) is 15.6. The minimum atomic E-state index is -0.489. The number of benzene rings is 1. The number of rotatable bonds is 3. The molecule has 0 aliphatic carbocycles. The number of nitrogens with one attached hydrogen (secondary N) is 2. The van der Waals surface area contributed by atoms with E-state index in [-0.39, 0.29) is 16.7 Å². The monoisotopic (exact) mass is 339 g/mol. The van der Waals surface area contributed by atoms with Crippen LogP contribution in [0.1, 0.15) is 26.5 Å². The van der Waals surface area contributed by atoms with Crippen LogP contribution in [0.15, 0.2) is 35.0 Å². The molecule has 4 rings (SSSR count). The molecule has 2 N–H and O–H groups in total. The third kappa shape index (κ3) is 2.82. The summed E-state index contributed by atoms with van der Waals surface area (Å²) in [6, 6.07) is 7.16. The van der Waals surface area contributed by atoms with Gasteiger partial charge < -0.3 is 9.84 Å². The molecule has 0 fully saturated rings. The number of halogens is 1. The number of nitrogens with zero attached hydrogens (tertiary/aromatic N) is 3. The number of hydrogen-bond donors (Lipinski definition) is 2. The summed E-state index contributed by atoms with van der Waals surface area (Å²) >= 11 is 0. The van der Waals surface area contributed by atoms with Gasteiger partial charge in [-0.05, 0) is 36.1 Å². The van der Waals surface area contributed by atoms with Crippen molar-refractivity contribution < 1.29 is 8.91 Å². The van der Waals surface area contributed by atoms with Crippen LogP contribution in [0.2, 0.25) is 0 Å². The molecule has 0 unspecified atom stereocenters. The quantitative estimate of drug-likeness (QED) is 0.571. The average Bonchev–Trinajstić information content (AvgIpc) is 3.14. The Morgan fingerprint density at radius 1 is 1.24 bits per heavy atom. The van der Waals surface area contributed by atoms with E-state index >= 15 is 0 Å². The lowest BCUT2D eigenvalue weighted by Gasteiger charge is -2.15. The molecule has 0 amide bonds. The maximum Gasteiger partial charge on any atom is 0.204 e. The second-order valence-electron chi connectivity index (χ2n) is 7.27. The summed E-state index contributed by atoms with van der Waals surface area (Å²) in [6.07, 6.45) is 2.37. The third-order valence-electron chi connectivity index (χ3n) is 3.93. The lowest BCUT2D eigenvalue weighted by molar-refractivity contribution is 0.379. The molecular formula is C18H18FN5O. The highest BCUT2D eigenvalue weighted by Crippen LogP contribution is 2.32. The Hall–Kier alpha value is -2.96. The zero-order valence-electron chi connectivity index (χ0n) is 14.2. The predicted octanol–water partition coefficient (Wildman–Crippen LogP) is 4.57. The van der Waals surface area contributed by atoms with Gasteiger partial charge in [-0.1, -0.05) is 25.9 Å². The van der Waals surface area contributed by atoms with Crippen LogP contribution in [0, 0.1) is 11.2 Å². The minimum Gasteiger partial charge on any atom is -0.353 e. The van der Waals surface area contributed by atoms with Gasteiger partial charge in [-0.25, -0.2) is 4.39 Å². The van der Waals surface area contributed by atoms with E-state index in [4.69, 9.17) is 4.52 Å². The molecule has 0 atom stereocenters. The van der Waals surface area contributed by atoms with Crippen LogP contribution >= 0.6 is 0 Å². The van der Waals surface area contributed by atoms with Gasteiger partial charge in [-0.15, -0.1) is 0 Å². The zero-order valence-corrected chi connectivity index (χ0v) is 14.2. The van der Waals surface area contributed by atoms with E-state index in [1.54, 1.807) is 12.3 Å². The topological polar surface area (TPSA) is 79.6 Å². The molecule has 0 bridgehead atoms. The van der Waals surface area contributed by atoms with Crippen molar-refractivity contribution in [3.05, 3.63) is 42.0 Å². The smallest absolute Gasteiger partial charge is 0.204 e. The largest absolute Gasteiger partial charge is 0.353 e. The number of pyridine rings is 1. The predicted molar refractivity (Wildman–Crippen MR) is 94.3 cm³/mol. The zero-order chi connectivity index (χ0) is 17.6. The second kappa shape index (κ2) is 5.54. The SMILES string of the molecule is CC(C)(C)Cc1noc2c(F)c(Nc3n[nH]c4cccnc34)ccc12. The van der Waals surface area contributed by atoms with Gasteiger partial charge in [0, 0.05) is 11.6 Å². The van der Waals surface area contributed by atoms with Gasteiger partial charge in [0.05, 0.1) is 16.9 Å². The van der Waals surface area contributed by atoms with Crippen LogP contribution in [0.5, 0.6) is 0 Å². The number of hydrogen-bond acceptors (Lipinski definition) is 5. The van der Waals surface area contributed by atoms with Gasteiger partial charge in [0.2, 0.25) is 5.58 Å². The maximum absolute atomic E-state index is 14.9. The Labute approximate surface area is 143 Å². The number of aromatic amines is 1. The highest BCUT2D eigenvalue weighted by atomic mass is 19.1. The fourth-order valence-corrected chi connectivity index (χ4v) is 2.82. The molecule has 1 aromatic carbocycles. The van der Waals surface area contributed by atoms with Crippen molar-refractivity contribution in [2.45, 2.75) is 27.2 Å². The molecule has 4 aromatic rings. The second-order valence-corrected chi connectivity index (χ2v) is 7.27. The van der Waals surface area contributed by atoms with Gasteiger partial charge in [0.15, 0.2) is 11.6 Å². The lowest BCUT2D eigenvalue weighted by Crippen LogP contribution is -2.09. The summed E-state index contributed by atoms with van der Waals surface area (Å²) in [5.74, 6) is -0.0273. The molecule has 7 heteroatoms. The molecule has 0 spiro atoms. The van der Waals surface area contributed by atoms with Gasteiger partial charge in [-0.3, -0.25) is 10.1 Å². The van der Waals surface area contributed by atoms with Crippen LogP contribution in [-0.2, 0) is 6.42 Å². The summed E-state index contributed by atoms with van der Waals surface area (Å²) in [5, 5.41) is 14.7. The van der Waals surface area contributed by atoms with Crippen molar-refractivity contribution in [1.82, 2.24) is 20.3 Å². The molecule has 0 aliphatic heterocycles. The van der Waals surface area contributed by atoms with E-state index in [2.05, 4.69) is 46.4 Å². The van der Waals surface area contributed by atoms with Crippen molar-refractivity contribution in [2.24, 2.45) is 5.41 Å². The molecule has 25 heavy (non-hydrogen) atoms. The molecule has 0 radical (unpaired) electrons. The summed E-state index contributed by atoms with van der Waals surface area (Å²) in [4.78, 5) is 4.26. The van der Waals surface area contributed by atoms with Crippen molar-refractivity contribution in [3.8, 4) is 0 Å². The highest BCUT2D eigenvalue weighted by Gasteiger charge is 2.21. The molecule has 128 valence electrons. The number of fused-ring (bicyclic) bond motifs is 2. The van der Waals surface area contributed by atoms with Gasteiger partial charge >= 0.3 is 0 Å². The molecular weight excluding hydrogens is 321 g/mol. The fourth-order valence-electron chi connectivity index (χ4n) is 2.82. The van der Waals surface area contributed by atoms with Gasteiger partial charge in [-0.2, -0.15) is 5.10 Å². The molecule has 0 saturated heterocycles. The van der Waals surface area contributed by atoms with E-state index < -0.39 is 5.82 Å². The maximum atomic E-state index is 14.9. The van der Waals surface area contributed by atoms with Crippen molar-refractivity contribution in [1.29, 1.82) is 0 Å². The normalized spacial score (nSPS) is 12.2. The standard InChI is InChI=1S/C18H18FN5O/c1-18(2,3)9-13-10-6-7-11(14(19)16(10)25-24-13)21-17-15-12(22-23-17)5-4-8-20-15/h4-8H,9H2,1-3H3,(H2,21,22,23). The summed E-state index contributed by atoms with van der Waals surface area (Å²) < 4.78 is 20.1. The number of H-pyrrole nitrogens is 1. The fraction of sp³-hybridized carbons (Fsp3) is 0.278. The molecule has 0 aliphatic rings. The van der Waals surface area contributed by atoms with Crippen LogP contribution < -0.4 is 5.32 Å². The molecule has 3 aromatic heterocycles. The van der Waals surface area contributed by atoms with Crippen LogP contribution in [0.25, 0.3) is 22.0 Å².